The Hall–Kier alpha value is -8.34. The molecule has 66 heavy (non-hydrogen) atoms. The molecule has 4 nitrogen and oxygen atoms in total. The molecule has 4 heteroatoms. The van der Waals surface area contributed by atoms with E-state index in [1.54, 1.807) is 0 Å². The van der Waals surface area contributed by atoms with E-state index in [1.807, 2.05) is 0 Å². The van der Waals surface area contributed by atoms with E-state index < -0.39 is 0 Å². The second kappa shape index (κ2) is 14.6. The third kappa shape index (κ3) is 5.64. The van der Waals surface area contributed by atoms with Crippen molar-refractivity contribution in [2.75, 3.05) is 0 Å². The average Bonchev–Trinajstić information content (AvgIpc) is 3.91. The number of benzene rings is 8. The summed E-state index contributed by atoms with van der Waals surface area (Å²) in [4.78, 5) is 11.1. The molecule has 0 N–H and O–H groups in total. The van der Waals surface area contributed by atoms with E-state index in [0.717, 1.165) is 71.0 Å². The zero-order chi connectivity index (χ0) is 43.3. The number of para-hydroxylation sites is 2. The zero-order valence-electron chi connectivity index (χ0n) is 36.2. The smallest absolute Gasteiger partial charge is 0.138 e. The molecule has 0 fully saturated rings. The molecule has 0 saturated heterocycles. The van der Waals surface area contributed by atoms with Crippen LogP contribution in [0.25, 0.3) is 111 Å². The Kier molecular flexibility index (Phi) is 8.20. The van der Waals surface area contributed by atoms with E-state index in [2.05, 4.69) is 215 Å². The maximum Gasteiger partial charge on any atom is 0.138 e. The standard InChI is InChI=1S/C62H42N4/c1-5-17-39(18-6-1)45-35-53(41-21-9-3-10-22-41)63-57(37-45)65-55-27-15-13-25-47(55)51-33-43-30-32-50-60-44(29-31-49(59(43)60)61(51)65)34-52-48-26-14-16-28-56(48)66(62(50)52)58-38-46(40-19-7-2-8-20-40)36-54(64-58)42-23-11-4-12-24-42/h1-28,33-38H,29-32H2. The van der Waals surface area contributed by atoms with Gasteiger partial charge in [0.1, 0.15) is 11.6 Å². The van der Waals surface area contributed by atoms with E-state index >= 15 is 0 Å². The third-order valence-electron chi connectivity index (χ3n) is 14.3. The van der Waals surface area contributed by atoms with Crippen LogP contribution >= 0.6 is 0 Å². The summed E-state index contributed by atoms with van der Waals surface area (Å²) in [5.74, 6) is 1.88. The summed E-state index contributed by atoms with van der Waals surface area (Å²) in [5.41, 5.74) is 22.3. The molecular formula is C62H42N4. The molecule has 14 rings (SSSR count). The Morgan fingerprint density at radius 3 is 1.08 bits per heavy atom. The van der Waals surface area contributed by atoms with Crippen LogP contribution < -0.4 is 0 Å². The van der Waals surface area contributed by atoms with Crippen molar-refractivity contribution in [3.05, 3.63) is 229 Å². The molecule has 0 aliphatic heterocycles. The fourth-order valence-electron chi connectivity index (χ4n) is 11.4. The molecule has 0 spiro atoms. The molecule has 310 valence electrons. The van der Waals surface area contributed by atoms with Crippen LogP contribution in [0.5, 0.6) is 0 Å². The van der Waals surface area contributed by atoms with Crippen LogP contribution in [0.3, 0.4) is 0 Å². The molecule has 0 radical (unpaired) electrons. The Labute approximate surface area is 382 Å². The first kappa shape index (κ1) is 37.1. The van der Waals surface area contributed by atoms with Gasteiger partial charge in [0, 0.05) is 32.7 Å². The maximum absolute atomic E-state index is 5.54. The lowest BCUT2D eigenvalue weighted by atomic mass is 9.74. The fourth-order valence-corrected chi connectivity index (χ4v) is 11.4. The molecule has 2 aliphatic carbocycles. The van der Waals surface area contributed by atoms with Crippen molar-refractivity contribution in [2.45, 2.75) is 25.7 Å². The highest BCUT2D eigenvalue weighted by Crippen LogP contribution is 2.51. The highest BCUT2D eigenvalue weighted by Gasteiger charge is 2.33. The van der Waals surface area contributed by atoms with Gasteiger partial charge in [-0.3, -0.25) is 9.13 Å². The number of aryl methyl sites for hydroxylation is 4. The molecule has 2 aliphatic rings. The number of rotatable bonds is 6. The Bertz CT molecular complexity index is 3530. The van der Waals surface area contributed by atoms with Gasteiger partial charge in [0.2, 0.25) is 0 Å². The van der Waals surface area contributed by atoms with Gasteiger partial charge in [-0.05, 0) is 130 Å². The van der Waals surface area contributed by atoms with Crippen molar-refractivity contribution >= 4 is 43.6 Å². The number of hydrogen-bond acceptors (Lipinski definition) is 2. The lowest BCUT2D eigenvalue weighted by Gasteiger charge is -2.31. The van der Waals surface area contributed by atoms with Crippen molar-refractivity contribution < 1.29 is 0 Å². The zero-order valence-corrected chi connectivity index (χ0v) is 36.2. The van der Waals surface area contributed by atoms with Crippen molar-refractivity contribution in [1.82, 2.24) is 19.1 Å². The molecule has 4 heterocycles. The third-order valence-corrected chi connectivity index (χ3v) is 14.3. The van der Waals surface area contributed by atoms with Crippen LogP contribution in [0.15, 0.2) is 206 Å². The largest absolute Gasteiger partial charge is 0.293 e. The van der Waals surface area contributed by atoms with E-state index in [-0.39, 0.29) is 0 Å². The Morgan fingerprint density at radius 1 is 0.303 bits per heavy atom. The summed E-state index contributed by atoms with van der Waals surface area (Å²) in [6, 6.07) is 74.8. The minimum atomic E-state index is 0.939. The number of fused-ring (bicyclic) bond motifs is 8. The van der Waals surface area contributed by atoms with Crippen molar-refractivity contribution in [1.29, 1.82) is 0 Å². The summed E-state index contributed by atoms with van der Waals surface area (Å²) in [6.07, 6.45) is 3.85. The Balaban J connectivity index is 1.05. The van der Waals surface area contributed by atoms with Crippen LogP contribution in [-0.4, -0.2) is 19.1 Å². The summed E-state index contributed by atoms with van der Waals surface area (Å²) < 4.78 is 4.97. The molecule has 4 aromatic heterocycles. The monoisotopic (exact) mass is 842 g/mol. The Morgan fingerprint density at radius 2 is 0.667 bits per heavy atom. The van der Waals surface area contributed by atoms with E-state index in [4.69, 9.17) is 9.97 Å². The highest BCUT2D eigenvalue weighted by molar-refractivity contribution is 6.16. The minimum absolute atomic E-state index is 0.939. The summed E-state index contributed by atoms with van der Waals surface area (Å²) in [5, 5.41) is 5.16. The predicted octanol–water partition coefficient (Wildman–Crippen LogP) is 15.2. The van der Waals surface area contributed by atoms with Gasteiger partial charge in [0.15, 0.2) is 0 Å². The topological polar surface area (TPSA) is 35.6 Å². The average molecular weight is 843 g/mol. The molecule has 0 bridgehead atoms. The molecule has 0 saturated carbocycles. The molecule has 12 aromatic rings. The summed E-state index contributed by atoms with van der Waals surface area (Å²) in [7, 11) is 0. The van der Waals surface area contributed by atoms with Gasteiger partial charge in [0.05, 0.1) is 33.5 Å². The lowest BCUT2D eigenvalue weighted by Crippen LogP contribution is -2.16. The second-order valence-electron chi connectivity index (χ2n) is 17.9. The van der Waals surface area contributed by atoms with E-state index in [9.17, 15) is 0 Å². The minimum Gasteiger partial charge on any atom is -0.293 e. The van der Waals surface area contributed by atoms with Gasteiger partial charge >= 0.3 is 0 Å². The van der Waals surface area contributed by atoms with Crippen LogP contribution in [0, 0.1) is 0 Å². The van der Waals surface area contributed by atoms with Gasteiger partial charge in [-0.2, -0.15) is 0 Å². The van der Waals surface area contributed by atoms with Gasteiger partial charge in [0.25, 0.3) is 0 Å². The van der Waals surface area contributed by atoms with E-state index in [0.29, 0.717) is 0 Å². The quantitative estimate of drug-likeness (QED) is 0.167. The predicted molar refractivity (Wildman–Crippen MR) is 273 cm³/mol. The van der Waals surface area contributed by atoms with Crippen LogP contribution in [0.2, 0.25) is 0 Å². The van der Waals surface area contributed by atoms with Gasteiger partial charge in [-0.25, -0.2) is 9.97 Å². The van der Waals surface area contributed by atoms with Gasteiger partial charge in [-0.1, -0.05) is 158 Å². The first-order valence-corrected chi connectivity index (χ1v) is 23.2. The first-order valence-electron chi connectivity index (χ1n) is 23.2. The molecule has 0 unspecified atom stereocenters. The van der Waals surface area contributed by atoms with Crippen LogP contribution in [0.1, 0.15) is 22.3 Å². The maximum atomic E-state index is 5.54. The lowest BCUT2D eigenvalue weighted by molar-refractivity contribution is 0.881. The molecule has 0 atom stereocenters. The number of aromatic nitrogens is 4. The highest BCUT2D eigenvalue weighted by atomic mass is 15.1. The first-order chi connectivity index (χ1) is 32.7. The van der Waals surface area contributed by atoms with Crippen LogP contribution in [-0.2, 0) is 25.7 Å². The normalized spacial score (nSPS) is 12.9. The van der Waals surface area contributed by atoms with Crippen molar-refractivity contribution in [3.63, 3.8) is 0 Å². The SMILES string of the molecule is c1ccc(-c2cc(-c3ccccc3)nc(-n3c4ccccc4c4cc5c6c(c43)CCc3cc4c7ccccc7n(-c7cc(-c8ccccc8)cc(-c8ccccc8)n7)c4c(c3-6)CC5)c2)cc1. The fraction of sp³-hybridized carbons (Fsp3) is 0.0645. The molecule has 8 aromatic carbocycles. The van der Waals surface area contributed by atoms with Gasteiger partial charge < -0.3 is 0 Å². The molecular weight excluding hydrogens is 801 g/mol. The number of nitrogens with zero attached hydrogens (tertiary/aromatic N) is 4. The summed E-state index contributed by atoms with van der Waals surface area (Å²) in [6.45, 7) is 0. The van der Waals surface area contributed by atoms with Crippen LogP contribution in [0.4, 0.5) is 0 Å². The van der Waals surface area contributed by atoms with Gasteiger partial charge in [-0.15, -0.1) is 0 Å². The van der Waals surface area contributed by atoms with Crippen molar-refractivity contribution in [3.8, 4) is 67.5 Å². The summed E-state index contributed by atoms with van der Waals surface area (Å²) >= 11 is 0. The van der Waals surface area contributed by atoms with E-state index in [1.165, 1.54) is 88.1 Å². The molecule has 0 amide bonds. The second-order valence-corrected chi connectivity index (χ2v) is 17.9. The number of pyridine rings is 2. The van der Waals surface area contributed by atoms with Crippen molar-refractivity contribution in [2.24, 2.45) is 0 Å². The number of hydrogen-bond donors (Lipinski definition) is 0.